The van der Waals surface area contributed by atoms with Crippen LogP contribution in [0.1, 0.15) is 35.8 Å². The number of hydrogen-bond donors (Lipinski definition) is 1. The van der Waals surface area contributed by atoms with Crippen molar-refractivity contribution >= 4 is 17.6 Å². The van der Waals surface area contributed by atoms with Crippen molar-refractivity contribution in [2.24, 2.45) is 0 Å². The van der Waals surface area contributed by atoms with Crippen LogP contribution >= 0.6 is 0 Å². The van der Waals surface area contributed by atoms with Gasteiger partial charge < -0.3 is 10.1 Å². The third kappa shape index (κ3) is 5.61. The third-order valence-electron chi connectivity index (χ3n) is 3.37. The number of hydrogen-bond acceptors (Lipinski definition) is 4. The lowest BCUT2D eigenvalue weighted by molar-refractivity contribution is -0.141. The Bertz CT molecular complexity index is 755. The molecule has 0 fully saturated rings. The van der Waals surface area contributed by atoms with E-state index in [0.717, 1.165) is 29.8 Å². The van der Waals surface area contributed by atoms with Crippen molar-refractivity contribution in [1.29, 1.82) is 0 Å². The first-order valence-electron chi connectivity index (χ1n) is 7.97. The van der Waals surface area contributed by atoms with Crippen LogP contribution in [0.3, 0.4) is 0 Å². The highest BCUT2D eigenvalue weighted by Gasteiger charge is 2.33. The minimum atomic E-state index is -4.55. The molecule has 6 nitrogen and oxygen atoms in total. The van der Waals surface area contributed by atoms with Gasteiger partial charge in [0.1, 0.15) is 6.54 Å². The molecule has 0 spiro atoms. The van der Waals surface area contributed by atoms with Crippen LogP contribution in [0.4, 0.5) is 18.9 Å². The number of nitrogens with zero attached hydrogens (tertiary/aromatic N) is 2. The quantitative estimate of drug-likeness (QED) is 0.599. The number of aromatic nitrogens is 2. The molecule has 1 N–H and O–H groups in total. The first-order valence-corrected chi connectivity index (χ1v) is 7.97. The average molecular weight is 369 g/mol. The van der Waals surface area contributed by atoms with E-state index in [0.29, 0.717) is 17.9 Å². The number of ether oxygens (including phenoxy) is 1. The molecular formula is C17H18F3N3O3. The Morgan fingerprint density at radius 2 is 1.88 bits per heavy atom. The van der Waals surface area contributed by atoms with Gasteiger partial charge in [-0.1, -0.05) is 13.3 Å². The number of carbonyl (C=O) groups excluding carboxylic acids is 2. The molecule has 1 heterocycles. The Labute approximate surface area is 147 Å². The van der Waals surface area contributed by atoms with E-state index in [1.807, 2.05) is 6.92 Å². The number of alkyl halides is 3. The van der Waals surface area contributed by atoms with Gasteiger partial charge in [-0.3, -0.25) is 9.48 Å². The maximum Gasteiger partial charge on any atom is 0.435 e. The standard InChI is InChI=1S/C17H18F3N3O3/c1-2-3-10-26-16(25)12-4-6-13(7-5-12)21-15(24)11-23-9-8-14(22-23)17(18,19)20/h4-9H,2-3,10-11H2,1H3,(H,21,24). The zero-order valence-electron chi connectivity index (χ0n) is 14.0. The summed E-state index contributed by atoms with van der Waals surface area (Å²) in [6.07, 6.45) is -1.77. The maximum absolute atomic E-state index is 12.5. The van der Waals surface area contributed by atoms with Crippen LogP contribution in [-0.2, 0) is 22.3 Å². The summed E-state index contributed by atoms with van der Waals surface area (Å²) in [5.74, 6) is -0.993. The van der Waals surface area contributed by atoms with E-state index in [9.17, 15) is 22.8 Å². The monoisotopic (exact) mass is 369 g/mol. The number of halogens is 3. The van der Waals surface area contributed by atoms with E-state index < -0.39 is 23.7 Å². The van der Waals surface area contributed by atoms with Gasteiger partial charge in [-0.2, -0.15) is 18.3 Å². The summed E-state index contributed by atoms with van der Waals surface area (Å²) in [6.45, 7) is 1.97. The fraction of sp³-hybridized carbons (Fsp3) is 0.353. The van der Waals surface area contributed by atoms with E-state index >= 15 is 0 Å². The Balaban J connectivity index is 1.89. The number of anilines is 1. The first-order chi connectivity index (χ1) is 12.3. The highest BCUT2D eigenvalue weighted by atomic mass is 19.4. The number of unbranched alkanes of at least 4 members (excludes halogenated alkanes) is 1. The highest BCUT2D eigenvalue weighted by molar-refractivity contribution is 5.92. The van der Waals surface area contributed by atoms with Crippen LogP contribution in [0.25, 0.3) is 0 Å². The largest absolute Gasteiger partial charge is 0.462 e. The fourth-order valence-corrected chi connectivity index (χ4v) is 2.03. The molecule has 0 aliphatic carbocycles. The smallest absolute Gasteiger partial charge is 0.435 e. The van der Waals surface area contributed by atoms with E-state index in [2.05, 4.69) is 10.4 Å². The molecule has 0 saturated heterocycles. The van der Waals surface area contributed by atoms with Crippen molar-refractivity contribution in [1.82, 2.24) is 9.78 Å². The molecule has 2 aromatic rings. The summed E-state index contributed by atoms with van der Waals surface area (Å²) in [4.78, 5) is 23.7. The number of benzene rings is 1. The number of nitrogens with one attached hydrogen (secondary N) is 1. The van der Waals surface area contributed by atoms with E-state index in [1.54, 1.807) is 0 Å². The average Bonchev–Trinajstić information content (AvgIpc) is 3.04. The van der Waals surface area contributed by atoms with Gasteiger partial charge in [0.05, 0.1) is 12.2 Å². The highest BCUT2D eigenvalue weighted by Crippen LogP contribution is 2.27. The second kappa shape index (κ2) is 8.50. The topological polar surface area (TPSA) is 73.2 Å². The predicted octanol–water partition coefficient (Wildman–Crippen LogP) is 3.50. The molecule has 1 aromatic heterocycles. The summed E-state index contributed by atoms with van der Waals surface area (Å²) >= 11 is 0. The zero-order chi connectivity index (χ0) is 19.2. The molecule has 140 valence electrons. The SMILES string of the molecule is CCCCOC(=O)c1ccc(NC(=O)Cn2ccc(C(F)(F)F)n2)cc1. The number of carbonyl (C=O) groups is 2. The summed E-state index contributed by atoms with van der Waals surface area (Å²) < 4.78 is 43.4. The van der Waals surface area contributed by atoms with Crippen LogP contribution in [0.5, 0.6) is 0 Å². The normalized spacial score (nSPS) is 11.2. The Morgan fingerprint density at radius 3 is 2.46 bits per heavy atom. The number of amides is 1. The number of esters is 1. The number of rotatable bonds is 7. The minimum Gasteiger partial charge on any atom is -0.462 e. The third-order valence-corrected chi connectivity index (χ3v) is 3.37. The van der Waals surface area contributed by atoms with E-state index in [1.165, 1.54) is 24.3 Å². The molecule has 0 saturated carbocycles. The fourth-order valence-electron chi connectivity index (χ4n) is 2.03. The second-order valence-electron chi connectivity index (χ2n) is 5.51. The summed E-state index contributed by atoms with van der Waals surface area (Å²) in [5, 5.41) is 5.83. The molecule has 1 aromatic carbocycles. The summed E-state index contributed by atoms with van der Waals surface area (Å²) in [5.41, 5.74) is -0.305. The molecule has 0 aliphatic rings. The minimum absolute atomic E-state index is 0.345. The van der Waals surface area contributed by atoms with Crippen molar-refractivity contribution in [3.63, 3.8) is 0 Å². The van der Waals surface area contributed by atoms with Gasteiger partial charge in [0.25, 0.3) is 0 Å². The van der Waals surface area contributed by atoms with Crippen molar-refractivity contribution in [3.05, 3.63) is 47.8 Å². The van der Waals surface area contributed by atoms with E-state index in [4.69, 9.17) is 4.74 Å². The van der Waals surface area contributed by atoms with E-state index in [-0.39, 0.29) is 6.54 Å². The van der Waals surface area contributed by atoms with Gasteiger partial charge in [-0.05, 0) is 36.8 Å². The first kappa shape index (κ1) is 19.5. The summed E-state index contributed by atoms with van der Waals surface area (Å²) in [6, 6.07) is 6.82. The lowest BCUT2D eigenvalue weighted by Gasteiger charge is -2.07. The molecule has 1 amide bonds. The molecule has 26 heavy (non-hydrogen) atoms. The molecule has 0 aliphatic heterocycles. The van der Waals surface area contributed by atoms with Crippen LogP contribution in [0.2, 0.25) is 0 Å². The molecular weight excluding hydrogens is 351 g/mol. The molecule has 0 bridgehead atoms. The zero-order valence-corrected chi connectivity index (χ0v) is 14.0. The van der Waals surface area contributed by atoms with Gasteiger partial charge in [-0.15, -0.1) is 0 Å². The van der Waals surface area contributed by atoms with Crippen molar-refractivity contribution in [2.45, 2.75) is 32.5 Å². The van der Waals surface area contributed by atoms with Crippen LogP contribution in [0.15, 0.2) is 36.5 Å². The lowest BCUT2D eigenvalue weighted by atomic mass is 10.2. The van der Waals surface area contributed by atoms with Crippen LogP contribution < -0.4 is 5.32 Å². The van der Waals surface area contributed by atoms with Gasteiger partial charge >= 0.3 is 12.1 Å². The molecule has 9 heteroatoms. The molecule has 0 unspecified atom stereocenters. The van der Waals surface area contributed by atoms with Crippen LogP contribution in [0, 0.1) is 0 Å². The second-order valence-corrected chi connectivity index (χ2v) is 5.51. The maximum atomic E-state index is 12.5. The molecule has 2 rings (SSSR count). The van der Waals surface area contributed by atoms with Gasteiger partial charge in [0.15, 0.2) is 5.69 Å². The lowest BCUT2D eigenvalue weighted by Crippen LogP contribution is -2.19. The summed E-state index contributed by atoms with van der Waals surface area (Å²) in [7, 11) is 0. The Kier molecular flexibility index (Phi) is 6.37. The molecule has 0 radical (unpaired) electrons. The van der Waals surface area contributed by atoms with Crippen molar-refractivity contribution < 1.29 is 27.5 Å². The van der Waals surface area contributed by atoms with Crippen molar-refractivity contribution in [3.8, 4) is 0 Å². The Morgan fingerprint density at radius 1 is 1.19 bits per heavy atom. The van der Waals surface area contributed by atoms with Gasteiger partial charge in [-0.25, -0.2) is 4.79 Å². The predicted molar refractivity (Wildman–Crippen MR) is 87.5 cm³/mol. The molecule has 0 atom stereocenters. The Hall–Kier alpha value is -2.84. The van der Waals surface area contributed by atoms with Crippen molar-refractivity contribution in [2.75, 3.05) is 11.9 Å². The van der Waals surface area contributed by atoms with Gasteiger partial charge in [0, 0.05) is 11.9 Å². The van der Waals surface area contributed by atoms with Crippen LogP contribution in [-0.4, -0.2) is 28.3 Å². The van der Waals surface area contributed by atoms with Gasteiger partial charge in [0.2, 0.25) is 5.91 Å².